The van der Waals surface area contributed by atoms with Crippen molar-refractivity contribution in [2.75, 3.05) is 5.32 Å². The Balaban J connectivity index is 1.92. The molecule has 0 atom stereocenters. The summed E-state index contributed by atoms with van der Waals surface area (Å²) in [6.07, 6.45) is 3.51. The van der Waals surface area contributed by atoms with Gasteiger partial charge < -0.3 is 10.6 Å². The molecule has 1 aromatic carbocycles. The fourth-order valence-electron chi connectivity index (χ4n) is 1.51. The molecule has 2 rings (SSSR count). The van der Waals surface area contributed by atoms with Crippen LogP contribution in [0.5, 0.6) is 0 Å². The number of aromatic nitrogens is 2. The molecule has 0 aliphatic rings. The number of carbonyl (C=O) groups excluding carboxylic acids is 1. The van der Waals surface area contributed by atoms with Crippen molar-refractivity contribution in [1.29, 1.82) is 0 Å². The minimum absolute atomic E-state index is 0.354. The van der Waals surface area contributed by atoms with Crippen molar-refractivity contribution in [1.82, 2.24) is 15.1 Å². The molecule has 0 bridgehead atoms. The number of nitrogens with zero attached hydrogens (tertiary/aromatic N) is 2. The molecule has 0 aliphatic carbocycles. The first-order valence-corrected chi connectivity index (χ1v) is 6.27. The van der Waals surface area contributed by atoms with E-state index in [1.54, 1.807) is 29.1 Å². The Hall–Kier alpha value is -1.72. The van der Waals surface area contributed by atoms with Crippen molar-refractivity contribution >= 4 is 34.9 Å². The van der Waals surface area contributed by atoms with Crippen LogP contribution in [0.1, 0.15) is 5.56 Å². The van der Waals surface area contributed by atoms with Gasteiger partial charge in [-0.1, -0.05) is 23.2 Å². The van der Waals surface area contributed by atoms with Crippen LogP contribution in [0.15, 0.2) is 30.6 Å². The largest absolute Gasteiger partial charge is 0.334 e. The quantitative estimate of drug-likeness (QED) is 0.915. The molecule has 0 saturated heterocycles. The molecule has 0 fully saturated rings. The Morgan fingerprint density at radius 1 is 1.42 bits per heavy atom. The fourth-order valence-corrected chi connectivity index (χ4v) is 1.84. The molecule has 7 heteroatoms. The van der Waals surface area contributed by atoms with Crippen LogP contribution in [0.25, 0.3) is 0 Å². The van der Waals surface area contributed by atoms with Crippen molar-refractivity contribution in [3.8, 4) is 0 Å². The molecule has 5 nitrogen and oxygen atoms in total. The highest BCUT2D eigenvalue weighted by Gasteiger charge is 2.06. The zero-order chi connectivity index (χ0) is 13.8. The van der Waals surface area contributed by atoms with E-state index in [-0.39, 0.29) is 6.03 Å². The summed E-state index contributed by atoms with van der Waals surface area (Å²) in [5, 5.41) is 10.3. The van der Waals surface area contributed by atoms with Gasteiger partial charge in [-0.25, -0.2) is 4.79 Å². The number of halogens is 2. The number of hydrogen-bond donors (Lipinski definition) is 2. The summed E-state index contributed by atoms with van der Waals surface area (Å²) in [5.41, 5.74) is 1.38. The molecule has 0 radical (unpaired) electrons. The smallest absolute Gasteiger partial charge is 0.319 e. The van der Waals surface area contributed by atoms with Gasteiger partial charge in [0.05, 0.1) is 16.9 Å². The maximum absolute atomic E-state index is 11.7. The standard InChI is InChI=1S/C12H12Cl2N4O/c1-18-7-8(6-16-18)5-15-12(19)17-11-4-9(13)2-3-10(11)14/h2-4,6-7H,5H2,1H3,(H2,15,17,19). The van der Waals surface area contributed by atoms with Crippen LogP contribution in [-0.4, -0.2) is 15.8 Å². The van der Waals surface area contributed by atoms with E-state index in [9.17, 15) is 4.79 Å². The first-order chi connectivity index (χ1) is 9.04. The molecule has 0 aliphatic heterocycles. The normalized spacial score (nSPS) is 10.3. The summed E-state index contributed by atoms with van der Waals surface area (Å²) >= 11 is 11.8. The lowest BCUT2D eigenvalue weighted by Crippen LogP contribution is -2.28. The molecule has 0 unspecified atom stereocenters. The molecular weight excluding hydrogens is 287 g/mol. The van der Waals surface area contributed by atoms with Gasteiger partial charge >= 0.3 is 6.03 Å². The second-order valence-corrected chi connectivity index (χ2v) is 4.80. The third-order valence-electron chi connectivity index (χ3n) is 2.39. The zero-order valence-electron chi connectivity index (χ0n) is 10.2. The summed E-state index contributed by atoms with van der Waals surface area (Å²) < 4.78 is 1.67. The fraction of sp³-hybridized carbons (Fsp3) is 0.167. The number of hydrogen-bond acceptors (Lipinski definition) is 2. The van der Waals surface area contributed by atoms with Crippen molar-refractivity contribution in [2.24, 2.45) is 7.05 Å². The molecule has 0 spiro atoms. The maximum atomic E-state index is 11.7. The third kappa shape index (κ3) is 3.87. The van der Waals surface area contributed by atoms with Gasteiger partial charge in [0.15, 0.2) is 0 Å². The van der Waals surface area contributed by atoms with Crippen LogP contribution in [0, 0.1) is 0 Å². The van der Waals surface area contributed by atoms with E-state index < -0.39 is 0 Å². The third-order valence-corrected chi connectivity index (χ3v) is 2.95. The number of aryl methyl sites for hydroxylation is 1. The highest BCUT2D eigenvalue weighted by Crippen LogP contribution is 2.25. The topological polar surface area (TPSA) is 59.0 Å². The Labute approximate surface area is 120 Å². The van der Waals surface area contributed by atoms with Gasteiger partial charge in [0, 0.05) is 30.4 Å². The summed E-state index contributed by atoms with van der Waals surface area (Å²) in [4.78, 5) is 11.7. The summed E-state index contributed by atoms with van der Waals surface area (Å²) in [6.45, 7) is 0.387. The van der Waals surface area contributed by atoms with Crippen LogP contribution in [0.3, 0.4) is 0 Å². The van der Waals surface area contributed by atoms with E-state index in [1.807, 2.05) is 13.2 Å². The van der Waals surface area contributed by atoms with E-state index in [0.29, 0.717) is 22.3 Å². The highest BCUT2D eigenvalue weighted by molar-refractivity contribution is 6.35. The predicted octanol–water partition coefficient (Wildman–Crippen LogP) is 3.05. The van der Waals surface area contributed by atoms with E-state index >= 15 is 0 Å². The van der Waals surface area contributed by atoms with Crippen molar-refractivity contribution in [3.05, 3.63) is 46.2 Å². The first-order valence-electron chi connectivity index (χ1n) is 5.52. The average Bonchev–Trinajstić information content (AvgIpc) is 2.77. The van der Waals surface area contributed by atoms with E-state index in [1.165, 1.54) is 0 Å². The number of nitrogens with one attached hydrogen (secondary N) is 2. The minimum Gasteiger partial charge on any atom is -0.334 e. The van der Waals surface area contributed by atoms with Gasteiger partial charge in [-0.2, -0.15) is 5.10 Å². The molecule has 1 aromatic heterocycles. The second kappa shape index (κ2) is 5.95. The summed E-state index contributed by atoms with van der Waals surface area (Å²) in [5.74, 6) is 0. The second-order valence-electron chi connectivity index (χ2n) is 3.95. The first kappa shape index (κ1) is 13.7. The van der Waals surface area contributed by atoms with Crippen LogP contribution in [0.4, 0.5) is 10.5 Å². The van der Waals surface area contributed by atoms with Gasteiger partial charge in [-0.15, -0.1) is 0 Å². The SMILES string of the molecule is Cn1cc(CNC(=O)Nc2cc(Cl)ccc2Cl)cn1. The van der Waals surface area contributed by atoms with Gasteiger partial charge in [-0.3, -0.25) is 4.68 Å². The molecular formula is C12H12Cl2N4O. The van der Waals surface area contributed by atoms with Crippen molar-refractivity contribution in [2.45, 2.75) is 6.54 Å². The molecule has 100 valence electrons. The lowest BCUT2D eigenvalue weighted by molar-refractivity contribution is 0.251. The number of anilines is 1. The van der Waals surface area contributed by atoms with Crippen LogP contribution < -0.4 is 10.6 Å². The zero-order valence-corrected chi connectivity index (χ0v) is 11.7. The molecule has 19 heavy (non-hydrogen) atoms. The Morgan fingerprint density at radius 2 is 2.21 bits per heavy atom. The molecule has 2 aromatic rings. The monoisotopic (exact) mass is 298 g/mol. The average molecular weight is 299 g/mol. The highest BCUT2D eigenvalue weighted by atomic mass is 35.5. The lowest BCUT2D eigenvalue weighted by atomic mass is 10.3. The van der Waals surface area contributed by atoms with Gasteiger partial charge in [0.25, 0.3) is 0 Å². The number of amides is 2. The van der Waals surface area contributed by atoms with Crippen molar-refractivity contribution in [3.63, 3.8) is 0 Å². The Morgan fingerprint density at radius 3 is 2.89 bits per heavy atom. The molecule has 1 heterocycles. The van der Waals surface area contributed by atoms with E-state index in [4.69, 9.17) is 23.2 Å². The van der Waals surface area contributed by atoms with E-state index in [0.717, 1.165) is 5.56 Å². The Kier molecular flexibility index (Phi) is 4.29. The van der Waals surface area contributed by atoms with Gasteiger partial charge in [0.1, 0.15) is 0 Å². The number of rotatable bonds is 3. The van der Waals surface area contributed by atoms with E-state index in [2.05, 4.69) is 15.7 Å². The van der Waals surface area contributed by atoms with Crippen LogP contribution >= 0.6 is 23.2 Å². The predicted molar refractivity (Wildman–Crippen MR) is 75.5 cm³/mol. The van der Waals surface area contributed by atoms with Gasteiger partial charge in [-0.05, 0) is 18.2 Å². The maximum Gasteiger partial charge on any atom is 0.319 e. The Bertz CT molecular complexity index is 597. The van der Waals surface area contributed by atoms with Gasteiger partial charge in [0.2, 0.25) is 0 Å². The molecule has 0 saturated carbocycles. The number of benzene rings is 1. The van der Waals surface area contributed by atoms with Crippen LogP contribution in [0.2, 0.25) is 10.0 Å². The molecule has 2 amide bonds. The molecule has 2 N–H and O–H groups in total. The number of carbonyl (C=O) groups is 1. The summed E-state index contributed by atoms with van der Waals surface area (Å²) in [7, 11) is 1.81. The van der Waals surface area contributed by atoms with Crippen molar-refractivity contribution < 1.29 is 4.79 Å². The minimum atomic E-state index is -0.354. The number of urea groups is 1. The van der Waals surface area contributed by atoms with Crippen LogP contribution in [-0.2, 0) is 13.6 Å². The summed E-state index contributed by atoms with van der Waals surface area (Å²) in [6, 6.07) is 4.52. The lowest BCUT2D eigenvalue weighted by Gasteiger charge is -2.08.